The Kier molecular flexibility index (Phi) is 7.35. The molecule has 1 nitrogen and oxygen atoms in total. The molecule has 0 radical (unpaired) electrons. The van der Waals surface area contributed by atoms with Crippen molar-refractivity contribution in [2.45, 2.75) is 6.42 Å². The maximum Gasteiger partial charge on any atom is 0.0550 e. The Morgan fingerprint density at radius 2 is 1.50 bits per heavy atom. The topological polar surface area (TPSA) is 4.93 Å². The number of hydrogen-bond donors (Lipinski definition) is 0. The fourth-order valence-electron chi connectivity index (χ4n) is 3.67. The zero-order valence-corrected chi connectivity index (χ0v) is 19.3. The maximum atomic E-state index is 2.39. The van der Waals surface area contributed by atoms with Gasteiger partial charge in [-0.3, -0.25) is 0 Å². The number of benzene rings is 2. The second-order valence-electron chi connectivity index (χ2n) is 5.83. The summed E-state index contributed by atoms with van der Waals surface area (Å²) in [4.78, 5) is 0. The molecule has 2 heteroatoms. The molecule has 0 saturated heterocycles. The molecule has 3 aromatic rings. The predicted octanol–water partition coefficient (Wildman–Crippen LogP) is 4.81. The molecule has 26 heavy (non-hydrogen) atoms. The largest absolute Gasteiger partial charge is 0.358 e. The summed E-state index contributed by atoms with van der Waals surface area (Å²) in [6.45, 7) is 0. The maximum absolute atomic E-state index is 2.39. The van der Waals surface area contributed by atoms with Crippen LogP contribution in [0.25, 0.3) is 28.2 Å². The summed E-state index contributed by atoms with van der Waals surface area (Å²) in [5, 5.41) is 4.08. The normalized spacial score (nSPS) is 13.1. The van der Waals surface area contributed by atoms with Crippen molar-refractivity contribution < 1.29 is 25.8 Å². The van der Waals surface area contributed by atoms with Crippen LogP contribution in [0.4, 0.5) is 0 Å². The van der Waals surface area contributed by atoms with Gasteiger partial charge in [0, 0.05) is 42.1 Å². The minimum Gasteiger partial charge on any atom is -0.358 e. The van der Waals surface area contributed by atoms with Crippen molar-refractivity contribution in [1.29, 1.82) is 0 Å². The molecule has 5 rings (SSSR count). The van der Waals surface area contributed by atoms with Crippen LogP contribution in [-0.4, -0.2) is 4.57 Å². The van der Waals surface area contributed by atoms with Gasteiger partial charge in [0.05, 0.1) is 10.9 Å². The average molecular weight is 505 g/mol. The van der Waals surface area contributed by atoms with Crippen LogP contribution in [0, 0.1) is 22.3 Å². The van der Waals surface area contributed by atoms with Crippen molar-refractivity contribution in [3.63, 3.8) is 0 Å². The van der Waals surface area contributed by atoms with Crippen LogP contribution in [0.1, 0.15) is 6.42 Å². The summed E-state index contributed by atoms with van der Waals surface area (Å²) >= 11 is 0. The zero-order valence-electron chi connectivity index (χ0n) is 15.7. The van der Waals surface area contributed by atoms with Gasteiger partial charge in [-0.25, -0.2) is 0 Å². The van der Waals surface area contributed by atoms with E-state index in [2.05, 4.69) is 83.5 Å². The third-order valence-electron chi connectivity index (χ3n) is 4.60. The van der Waals surface area contributed by atoms with Crippen LogP contribution < -0.4 is 10.6 Å². The van der Waals surface area contributed by atoms with E-state index in [0.29, 0.717) is 0 Å². The average Bonchev–Trinajstić information content (AvgIpc) is 3.10. The predicted molar refractivity (Wildman–Crippen MR) is 111 cm³/mol. The summed E-state index contributed by atoms with van der Waals surface area (Å²) < 4.78 is 2.39. The van der Waals surface area contributed by atoms with E-state index in [1.54, 1.807) is 0 Å². The van der Waals surface area contributed by atoms with E-state index in [4.69, 9.17) is 0 Å². The molecule has 1 heterocycles. The van der Waals surface area contributed by atoms with Gasteiger partial charge in [-0.2, -0.15) is 0 Å². The molecular formula is C24H24HfN-3. The molecule has 2 aliphatic rings. The fraction of sp³-hybridized carbons (Fsp3) is 0.0417. The fourth-order valence-corrected chi connectivity index (χ4v) is 3.67. The number of rotatable bonds is 1. The molecule has 0 saturated carbocycles. The Hall–Kier alpha value is -1.93. The van der Waals surface area contributed by atoms with Gasteiger partial charge in [0.25, 0.3) is 0 Å². The third-order valence-corrected chi connectivity index (χ3v) is 4.60. The van der Waals surface area contributed by atoms with E-state index in [1.807, 2.05) is 0 Å². The molecule has 0 fully saturated rings. The first kappa shape index (κ1) is 22.1. The van der Waals surface area contributed by atoms with Crippen molar-refractivity contribution in [2.24, 2.45) is 0 Å². The number of para-hydroxylation sites is 2. The Labute approximate surface area is 175 Å². The molecule has 0 amide bonds. The summed E-state index contributed by atoms with van der Waals surface area (Å²) in [5.74, 6) is 0. The van der Waals surface area contributed by atoms with Gasteiger partial charge in [-0.1, -0.05) is 54.6 Å². The zero-order chi connectivity index (χ0) is 14.5. The molecule has 2 aliphatic carbocycles. The molecule has 0 spiro atoms. The Morgan fingerprint density at radius 3 is 2.27 bits per heavy atom. The van der Waals surface area contributed by atoms with Crippen LogP contribution in [0.15, 0.2) is 78.4 Å². The summed E-state index contributed by atoms with van der Waals surface area (Å²) in [6.07, 6.45) is 9.99. The monoisotopic (exact) mass is 506 g/mol. The molecule has 2 aromatic carbocycles. The SMILES string of the molecule is C1=CCC2=c3c(n(-c4ccccc4)c4ccccc34)=CC2=C1.[CH3-].[CH3-].[CH3-].[Hf]. The smallest absolute Gasteiger partial charge is 0.0550 e. The number of hydrogen-bond acceptors (Lipinski definition) is 0. The minimum absolute atomic E-state index is 0. The van der Waals surface area contributed by atoms with Crippen LogP contribution >= 0.6 is 0 Å². The van der Waals surface area contributed by atoms with Crippen LogP contribution in [0.5, 0.6) is 0 Å². The third kappa shape index (κ3) is 3.12. The Bertz CT molecular complexity index is 1080. The van der Waals surface area contributed by atoms with Gasteiger partial charge < -0.3 is 26.8 Å². The molecule has 132 valence electrons. The van der Waals surface area contributed by atoms with Crippen molar-refractivity contribution in [3.05, 3.63) is 111 Å². The van der Waals surface area contributed by atoms with E-state index in [0.717, 1.165) is 6.42 Å². The quantitative estimate of drug-likeness (QED) is 0.331. The van der Waals surface area contributed by atoms with E-state index < -0.39 is 0 Å². The van der Waals surface area contributed by atoms with Gasteiger partial charge >= 0.3 is 0 Å². The molecule has 0 bridgehead atoms. The van der Waals surface area contributed by atoms with E-state index in [1.165, 1.54) is 38.3 Å². The first-order chi connectivity index (χ1) is 10.9. The minimum atomic E-state index is 0. The van der Waals surface area contributed by atoms with Gasteiger partial charge in [-0.15, -0.1) is 0 Å². The van der Waals surface area contributed by atoms with Crippen LogP contribution in [-0.2, 0) is 25.8 Å². The van der Waals surface area contributed by atoms with Crippen molar-refractivity contribution >= 4 is 22.6 Å². The Morgan fingerprint density at radius 1 is 0.808 bits per heavy atom. The number of nitrogens with zero attached hydrogens (tertiary/aromatic N) is 1. The first-order valence-electron chi connectivity index (χ1n) is 7.70. The van der Waals surface area contributed by atoms with Crippen LogP contribution in [0.3, 0.4) is 0 Å². The molecule has 0 atom stereocenters. The Balaban J connectivity index is 0.000000845. The molecule has 0 unspecified atom stereocenters. The number of allylic oxidation sites excluding steroid dienone is 4. The van der Waals surface area contributed by atoms with E-state index in [9.17, 15) is 0 Å². The van der Waals surface area contributed by atoms with E-state index >= 15 is 0 Å². The molecule has 0 aliphatic heterocycles. The van der Waals surface area contributed by atoms with Crippen LogP contribution in [0.2, 0.25) is 0 Å². The number of aromatic nitrogens is 1. The second kappa shape index (κ2) is 8.64. The molecular weight excluding hydrogens is 481 g/mol. The van der Waals surface area contributed by atoms with Gasteiger partial charge in [0.1, 0.15) is 0 Å². The van der Waals surface area contributed by atoms with Gasteiger partial charge in [-0.05, 0) is 41.8 Å². The van der Waals surface area contributed by atoms with Crippen molar-refractivity contribution in [3.8, 4) is 5.69 Å². The second-order valence-corrected chi connectivity index (χ2v) is 5.83. The summed E-state index contributed by atoms with van der Waals surface area (Å²) in [7, 11) is 0. The summed E-state index contributed by atoms with van der Waals surface area (Å²) in [6, 6.07) is 19.4. The van der Waals surface area contributed by atoms with Crippen molar-refractivity contribution in [1.82, 2.24) is 4.57 Å². The van der Waals surface area contributed by atoms with Crippen molar-refractivity contribution in [2.75, 3.05) is 0 Å². The molecule has 1 aromatic heterocycles. The number of fused-ring (bicyclic) bond motifs is 4. The summed E-state index contributed by atoms with van der Waals surface area (Å²) in [5.41, 5.74) is 5.34. The molecule has 0 N–H and O–H groups in total. The standard InChI is InChI=1S/C21H15N.3CH3.Hf/c1-2-9-16(10-3-1)22-19-13-7-6-12-18(19)21-17-11-5-4-8-15(17)14-20(21)22;;;;/h1-10,12-14H,11H2;3*1H3;/q;3*-1;. The van der Waals surface area contributed by atoms with Gasteiger partial charge in [0.15, 0.2) is 0 Å². The van der Waals surface area contributed by atoms with Gasteiger partial charge in [0.2, 0.25) is 0 Å². The van der Waals surface area contributed by atoms with E-state index in [-0.39, 0.29) is 48.1 Å². The first-order valence-corrected chi connectivity index (χ1v) is 7.70.